The number of ether oxygens (including phenoxy) is 2. The van der Waals surface area contributed by atoms with Crippen LogP contribution in [0.15, 0.2) is 66.7 Å². The molecule has 8 heteroatoms. The number of anilines is 2. The molecule has 0 atom stereocenters. The zero-order chi connectivity index (χ0) is 27.1. The molecule has 2 amide bonds. The molecule has 1 aliphatic rings. The van der Waals surface area contributed by atoms with Crippen LogP contribution in [0.3, 0.4) is 0 Å². The van der Waals surface area contributed by atoms with Crippen molar-refractivity contribution in [3.05, 3.63) is 89.0 Å². The fourth-order valence-corrected chi connectivity index (χ4v) is 4.31. The van der Waals surface area contributed by atoms with Gasteiger partial charge in [0.05, 0.1) is 23.5 Å². The lowest BCUT2D eigenvalue weighted by Gasteiger charge is -2.37. The van der Waals surface area contributed by atoms with Gasteiger partial charge in [-0.3, -0.25) is 9.59 Å². The summed E-state index contributed by atoms with van der Waals surface area (Å²) in [5, 5.41) is 2.91. The summed E-state index contributed by atoms with van der Waals surface area (Å²) in [7, 11) is 0. The molecule has 1 N–H and O–H groups in total. The van der Waals surface area contributed by atoms with Crippen molar-refractivity contribution >= 4 is 29.2 Å². The Morgan fingerprint density at radius 2 is 1.58 bits per heavy atom. The molecule has 1 heterocycles. The number of aryl methyl sites for hydroxylation is 2. The van der Waals surface area contributed by atoms with Crippen LogP contribution >= 0.6 is 0 Å². The Labute approximate surface area is 223 Å². The highest BCUT2D eigenvalue weighted by atomic mass is 16.5. The molecule has 4 rings (SSSR count). The van der Waals surface area contributed by atoms with Gasteiger partial charge in [0, 0.05) is 31.7 Å². The van der Waals surface area contributed by atoms with E-state index in [0.717, 1.165) is 16.8 Å². The molecular formula is C30H33N3O5. The molecule has 8 nitrogen and oxygen atoms in total. The van der Waals surface area contributed by atoms with Gasteiger partial charge in [-0.25, -0.2) is 4.79 Å². The number of carbonyl (C=O) groups excluding carboxylic acids is 3. The smallest absolute Gasteiger partial charge is 0.338 e. The van der Waals surface area contributed by atoms with Crippen LogP contribution in [-0.4, -0.2) is 62.1 Å². The van der Waals surface area contributed by atoms with E-state index >= 15 is 0 Å². The van der Waals surface area contributed by atoms with Gasteiger partial charge < -0.3 is 24.6 Å². The Hall–Kier alpha value is -4.33. The molecule has 0 aromatic heterocycles. The average Bonchev–Trinajstić information content (AvgIpc) is 2.94. The van der Waals surface area contributed by atoms with Crippen LogP contribution in [0, 0.1) is 13.8 Å². The van der Waals surface area contributed by atoms with E-state index in [0.29, 0.717) is 48.7 Å². The van der Waals surface area contributed by atoms with Gasteiger partial charge in [0.2, 0.25) is 0 Å². The highest BCUT2D eigenvalue weighted by molar-refractivity contribution is 5.99. The monoisotopic (exact) mass is 515 g/mol. The molecule has 3 aromatic rings. The Balaban J connectivity index is 1.47. The van der Waals surface area contributed by atoms with Crippen molar-refractivity contribution < 1.29 is 23.9 Å². The Bertz CT molecular complexity index is 1300. The molecule has 0 unspecified atom stereocenters. The highest BCUT2D eigenvalue weighted by Gasteiger charge is 2.24. The molecular weight excluding hydrogens is 482 g/mol. The Morgan fingerprint density at radius 3 is 2.26 bits per heavy atom. The third-order valence-electron chi connectivity index (χ3n) is 6.56. The van der Waals surface area contributed by atoms with Crippen LogP contribution in [0.4, 0.5) is 11.4 Å². The van der Waals surface area contributed by atoms with Crippen LogP contribution in [0.5, 0.6) is 5.75 Å². The minimum absolute atomic E-state index is 0.0000681. The van der Waals surface area contributed by atoms with Crippen LogP contribution in [0.2, 0.25) is 0 Å². The maximum Gasteiger partial charge on any atom is 0.338 e. The maximum atomic E-state index is 12.9. The number of nitrogens with zero attached hydrogens (tertiary/aromatic N) is 2. The third kappa shape index (κ3) is 6.51. The Kier molecular flexibility index (Phi) is 8.63. The molecule has 1 saturated heterocycles. The molecule has 38 heavy (non-hydrogen) atoms. The predicted octanol–water partition coefficient (Wildman–Crippen LogP) is 4.46. The van der Waals surface area contributed by atoms with Crippen molar-refractivity contribution in [1.82, 2.24) is 4.90 Å². The summed E-state index contributed by atoms with van der Waals surface area (Å²) in [6.07, 6.45) is 0. The number of amides is 2. The minimum atomic E-state index is -0.459. The van der Waals surface area contributed by atoms with Gasteiger partial charge >= 0.3 is 5.97 Å². The average molecular weight is 516 g/mol. The second-order valence-corrected chi connectivity index (χ2v) is 9.18. The molecule has 0 saturated carbocycles. The van der Waals surface area contributed by atoms with E-state index in [2.05, 4.69) is 10.2 Å². The van der Waals surface area contributed by atoms with Gasteiger partial charge in [0.1, 0.15) is 5.75 Å². The summed E-state index contributed by atoms with van der Waals surface area (Å²) < 4.78 is 10.8. The number of carbonyl (C=O) groups is 3. The second-order valence-electron chi connectivity index (χ2n) is 9.18. The minimum Gasteiger partial charge on any atom is -0.484 e. The fraction of sp³-hybridized carbons (Fsp3) is 0.300. The first-order valence-electron chi connectivity index (χ1n) is 12.8. The summed E-state index contributed by atoms with van der Waals surface area (Å²) in [6, 6.07) is 20.0. The maximum absolute atomic E-state index is 12.9. The van der Waals surface area contributed by atoms with Crippen LogP contribution in [0.25, 0.3) is 0 Å². The van der Waals surface area contributed by atoms with Gasteiger partial charge in [0.15, 0.2) is 6.61 Å². The van der Waals surface area contributed by atoms with Gasteiger partial charge in [-0.05, 0) is 74.4 Å². The van der Waals surface area contributed by atoms with Crippen molar-refractivity contribution in [2.24, 2.45) is 0 Å². The zero-order valence-corrected chi connectivity index (χ0v) is 22.0. The molecule has 0 aliphatic carbocycles. The third-order valence-corrected chi connectivity index (χ3v) is 6.56. The van der Waals surface area contributed by atoms with Crippen molar-refractivity contribution in [2.45, 2.75) is 20.8 Å². The van der Waals surface area contributed by atoms with Crippen LogP contribution < -0.4 is 15.0 Å². The highest BCUT2D eigenvalue weighted by Crippen LogP contribution is 2.29. The first-order valence-corrected chi connectivity index (χ1v) is 12.8. The second kappa shape index (κ2) is 12.3. The molecule has 3 aromatic carbocycles. The molecule has 1 aliphatic heterocycles. The summed E-state index contributed by atoms with van der Waals surface area (Å²) in [4.78, 5) is 42.0. The van der Waals surface area contributed by atoms with E-state index in [9.17, 15) is 14.4 Å². The van der Waals surface area contributed by atoms with Gasteiger partial charge in [0.25, 0.3) is 11.8 Å². The SMILES string of the molecule is CCOC(=O)c1ccc(N2CCN(C(=O)c3ccccc3)CC2)c(NC(=O)COc2ccc(C)c(C)c2)c1. The summed E-state index contributed by atoms with van der Waals surface area (Å²) in [5.41, 5.74) is 4.50. The van der Waals surface area contributed by atoms with Crippen LogP contribution in [0.1, 0.15) is 38.8 Å². The van der Waals surface area contributed by atoms with Crippen LogP contribution in [-0.2, 0) is 9.53 Å². The van der Waals surface area contributed by atoms with E-state index in [1.54, 1.807) is 25.1 Å². The number of hydrogen-bond acceptors (Lipinski definition) is 6. The largest absolute Gasteiger partial charge is 0.484 e. The number of hydrogen-bond donors (Lipinski definition) is 1. The van der Waals surface area contributed by atoms with E-state index in [1.165, 1.54) is 0 Å². The molecule has 0 bridgehead atoms. The fourth-order valence-electron chi connectivity index (χ4n) is 4.31. The molecule has 0 spiro atoms. The Morgan fingerprint density at radius 1 is 0.842 bits per heavy atom. The molecule has 198 valence electrons. The quantitative estimate of drug-likeness (QED) is 0.446. The van der Waals surface area contributed by atoms with Gasteiger partial charge in [-0.15, -0.1) is 0 Å². The predicted molar refractivity (Wildman–Crippen MR) is 147 cm³/mol. The van der Waals surface area contributed by atoms with E-state index in [-0.39, 0.29) is 25.0 Å². The lowest BCUT2D eigenvalue weighted by molar-refractivity contribution is -0.118. The van der Waals surface area contributed by atoms with Crippen molar-refractivity contribution in [3.8, 4) is 5.75 Å². The van der Waals surface area contributed by atoms with E-state index in [4.69, 9.17) is 9.47 Å². The van der Waals surface area contributed by atoms with Crippen molar-refractivity contribution in [1.29, 1.82) is 0 Å². The van der Waals surface area contributed by atoms with Crippen molar-refractivity contribution in [2.75, 3.05) is 49.6 Å². The number of benzene rings is 3. The lowest BCUT2D eigenvalue weighted by atomic mass is 10.1. The van der Waals surface area contributed by atoms with E-state index < -0.39 is 5.97 Å². The van der Waals surface area contributed by atoms with Gasteiger partial charge in [-0.1, -0.05) is 24.3 Å². The topological polar surface area (TPSA) is 88.2 Å². The zero-order valence-electron chi connectivity index (χ0n) is 22.0. The normalized spacial score (nSPS) is 13.1. The van der Waals surface area contributed by atoms with Crippen molar-refractivity contribution in [3.63, 3.8) is 0 Å². The molecule has 0 radical (unpaired) electrons. The number of rotatable bonds is 8. The summed E-state index contributed by atoms with van der Waals surface area (Å²) in [6.45, 7) is 8.07. The molecule has 1 fully saturated rings. The standard InChI is InChI=1S/C30H33N3O5/c1-4-37-30(36)24-11-13-27(32-14-16-33(17-15-32)29(35)23-8-6-5-7-9-23)26(19-24)31-28(34)20-38-25-12-10-21(2)22(3)18-25/h5-13,18-19H,4,14-17,20H2,1-3H3,(H,31,34). The van der Waals surface area contributed by atoms with Gasteiger partial charge in [-0.2, -0.15) is 0 Å². The summed E-state index contributed by atoms with van der Waals surface area (Å²) >= 11 is 0. The number of esters is 1. The first kappa shape index (κ1) is 26.7. The first-order chi connectivity index (χ1) is 18.4. The number of nitrogens with one attached hydrogen (secondary N) is 1. The van der Waals surface area contributed by atoms with E-state index in [1.807, 2.05) is 67.3 Å². The number of piperazine rings is 1. The summed E-state index contributed by atoms with van der Waals surface area (Å²) in [5.74, 6) is -0.189. The lowest BCUT2D eigenvalue weighted by Crippen LogP contribution is -2.49.